The first kappa shape index (κ1) is 17.0. The monoisotopic (exact) mass is 364 g/mol. The molecule has 2 heterocycles. The van der Waals surface area contributed by atoms with Crippen LogP contribution in [0.25, 0.3) is 0 Å². The topological polar surface area (TPSA) is 84.0 Å². The van der Waals surface area contributed by atoms with Crippen molar-refractivity contribution in [3.05, 3.63) is 58.7 Å². The zero-order valence-corrected chi connectivity index (χ0v) is 14.8. The molecule has 0 N–H and O–H groups in total. The van der Waals surface area contributed by atoms with Crippen molar-refractivity contribution in [2.75, 3.05) is 13.1 Å². The van der Waals surface area contributed by atoms with Crippen LogP contribution in [0.5, 0.6) is 11.5 Å². The van der Waals surface area contributed by atoms with Gasteiger partial charge in [0.05, 0.1) is 22.3 Å². The van der Waals surface area contributed by atoms with Crippen molar-refractivity contribution < 1.29 is 23.9 Å². The van der Waals surface area contributed by atoms with E-state index in [0.29, 0.717) is 46.8 Å². The predicted molar refractivity (Wildman–Crippen MR) is 95.0 cm³/mol. The molecule has 7 heteroatoms. The van der Waals surface area contributed by atoms with Gasteiger partial charge in [-0.2, -0.15) is 0 Å². The average molecular weight is 364 g/mol. The summed E-state index contributed by atoms with van der Waals surface area (Å²) in [6, 6.07) is 9.35. The van der Waals surface area contributed by atoms with Crippen molar-refractivity contribution in [1.82, 2.24) is 9.80 Å². The Hall–Kier alpha value is -3.48. The predicted octanol–water partition coefficient (Wildman–Crippen LogP) is 2.71. The number of carbonyl (C=O) groups excluding carboxylic acids is 4. The maximum atomic E-state index is 12.3. The molecule has 2 aliphatic heterocycles. The largest absolute Gasteiger partial charge is 0.457 e. The third-order valence-corrected chi connectivity index (χ3v) is 4.75. The van der Waals surface area contributed by atoms with Crippen LogP contribution >= 0.6 is 0 Å². The number of carbonyl (C=O) groups is 4. The Morgan fingerprint density at radius 1 is 0.630 bits per heavy atom. The van der Waals surface area contributed by atoms with E-state index >= 15 is 0 Å². The van der Waals surface area contributed by atoms with Gasteiger partial charge < -0.3 is 4.74 Å². The summed E-state index contributed by atoms with van der Waals surface area (Å²) >= 11 is 0. The van der Waals surface area contributed by atoms with E-state index in [-0.39, 0.29) is 23.6 Å². The molecule has 0 aromatic heterocycles. The lowest BCUT2D eigenvalue weighted by molar-refractivity contribution is 0.0647. The maximum Gasteiger partial charge on any atom is 0.261 e. The summed E-state index contributed by atoms with van der Waals surface area (Å²) in [6.45, 7) is 4.08. The Morgan fingerprint density at radius 3 is 1.37 bits per heavy atom. The highest BCUT2D eigenvalue weighted by Gasteiger charge is 2.36. The number of nitrogens with zero attached hydrogens (tertiary/aromatic N) is 2. The van der Waals surface area contributed by atoms with E-state index in [9.17, 15) is 19.2 Å². The minimum absolute atomic E-state index is 0.295. The molecule has 0 saturated carbocycles. The molecule has 4 amide bonds. The first-order chi connectivity index (χ1) is 13.0. The Kier molecular flexibility index (Phi) is 3.80. The lowest BCUT2D eigenvalue weighted by Gasteiger charge is -2.09. The van der Waals surface area contributed by atoms with Gasteiger partial charge in [-0.1, -0.05) is 0 Å². The summed E-state index contributed by atoms with van der Waals surface area (Å²) in [7, 11) is 0. The molecule has 0 radical (unpaired) electrons. The van der Waals surface area contributed by atoms with E-state index in [1.54, 1.807) is 38.1 Å². The number of ether oxygens (including phenoxy) is 1. The molecule has 27 heavy (non-hydrogen) atoms. The van der Waals surface area contributed by atoms with Crippen LogP contribution in [0, 0.1) is 0 Å². The molecule has 0 spiro atoms. The zero-order chi connectivity index (χ0) is 19.3. The highest BCUT2D eigenvalue weighted by atomic mass is 16.5. The second-order valence-electron chi connectivity index (χ2n) is 6.23. The Balaban J connectivity index is 1.64. The highest BCUT2D eigenvalue weighted by molar-refractivity contribution is 6.22. The van der Waals surface area contributed by atoms with Gasteiger partial charge in [0.25, 0.3) is 23.6 Å². The van der Waals surface area contributed by atoms with Gasteiger partial charge in [-0.25, -0.2) is 0 Å². The molecule has 0 unspecified atom stereocenters. The zero-order valence-electron chi connectivity index (χ0n) is 14.8. The molecule has 0 bridgehead atoms. The number of hydrogen-bond acceptors (Lipinski definition) is 5. The number of imide groups is 2. The molecule has 2 aliphatic rings. The molecule has 2 aromatic rings. The lowest BCUT2D eigenvalue weighted by Crippen LogP contribution is -2.29. The van der Waals surface area contributed by atoms with Crippen molar-refractivity contribution in [1.29, 1.82) is 0 Å². The van der Waals surface area contributed by atoms with Crippen molar-refractivity contribution in [3.8, 4) is 11.5 Å². The smallest absolute Gasteiger partial charge is 0.261 e. The van der Waals surface area contributed by atoms with Gasteiger partial charge >= 0.3 is 0 Å². The third-order valence-electron chi connectivity index (χ3n) is 4.75. The molecule has 0 fully saturated rings. The van der Waals surface area contributed by atoms with E-state index in [0.717, 1.165) is 0 Å². The minimum Gasteiger partial charge on any atom is -0.457 e. The molecule has 0 atom stereocenters. The standard InChI is InChI=1S/C20H16N2O5/c1-3-21-17(23)13-7-5-11(9-15(13)19(21)25)27-12-6-8-14-16(10-12)20(26)22(4-2)18(14)24/h5-10H,3-4H2,1-2H3. The normalized spacial score (nSPS) is 15.5. The molecular formula is C20H16N2O5. The van der Waals surface area contributed by atoms with Gasteiger partial charge in [0.15, 0.2) is 0 Å². The van der Waals surface area contributed by atoms with E-state index in [1.165, 1.54) is 21.9 Å². The van der Waals surface area contributed by atoms with Crippen molar-refractivity contribution >= 4 is 23.6 Å². The Morgan fingerprint density at radius 2 is 1.00 bits per heavy atom. The first-order valence-corrected chi connectivity index (χ1v) is 8.64. The van der Waals surface area contributed by atoms with Crippen molar-refractivity contribution in [2.24, 2.45) is 0 Å². The van der Waals surface area contributed by atoms with Crippen LogP contribution < -0.4 is 4.74 Å². The highest BCUT2D eigenvalue weighted by Crippen LogP contribution is 2.32. The van der Waals surface area contributed by atoms with Crippen molar-refractivity contribution in [3.63, 3.8) is 0 Å². The Bertz CT molecular complexity index is 946. The van der Waals surface area contributed by atoms with Crippen LogP contribution in [0.15, 0.2) is 36.4 Å². The average Bonchev–Trinajstić information content (AvgIpc) is 3.05. The number of amides is 4. The summed E-state index contributed by atoms with van der Waals surface area (Å²) in [5, 5.41) is 0. The van der Waals surface area contributed by atoms with Gasteiger partial charge in [-0.15, -0.1) is 0 Å². The summed E-state index contributed by atoms with van der Waals surface area (Å²) in [4.78, 5) is 51.3. The van der Waals surface area contributed by atoms with Crippen LogP contribution in [-0.4, -0.2) is 46.5 Å². The number of rotatable bonds is 4. The van der Waals surface area contributed by atoms with Crippen LogP contribution in [0.1, 0.15) is 55.3 Å². The number of fused-ring (bicyclic) bond motifs is 2. The fourth-order valence-corrected chi connectivity index (χ4v) is 3.38. The number of hydrogen-bond donors (Lipinski definition) is 0. The second kappa shape index (κ2) is 6.05. The minimum atomic E-state index is -0.351. The first-order valence-electron chi connectivity index (χ1n) is 8.64. The SMILES string of the molecule is CCN1C(=O)c2ccc(Oc3ccc4c(c3)C(=O)N(CC)C4=O)cc2C1=O. The molecular weight excluding hydrogens is 348 g/mol. The molecule has 0 aliphatic carbocycles. The second-order valence-corrected chi connectivity index (χ2v) is 6.23. The van der Waals surface area contributed by atoms with Crippen LogP contribution in [0.2, 0.25) is 0 Å². The number of benzene rings is 2. The van der Waals surface area contributed by atoms with E-state index in [1.807, 2.05) is 0 Å². The molecule has 136 valence electrons. The fraction of sp³-hybridized carbons (Fsp3) is 0.200. The summed E-state index contributed by atoms with van der Waals surface area (Å²) < 4.78 is 5.77. The van der Waals surface area contributed by atoms with Gasteiger partial charge in [0.2, 0.25) is 0 Å². The van der Waals surface area contributed by atoms with E-state index in [4.69, 9.17) is 4.74 Å². The van der Waals surface area contributed by atoms with Crippen molar-refractivity contribution in [2.45, 2.75) is 13.8 Å². The summed E-state index contributed by atoms with van der Waals surface area (Å²) in [6.07, 6.45) is 0. The van der Waals surface area contributed by atoms with Crippen LogP contribution in [-0.2, 0) is 0 Å². The van der Waals surface area contributed by atoms with Crippen LogP contribution in [0.4, 0.5) is 0 Å². The van der Waals surface area contributed by atoms with E-state index in [2.05, 4.69) is 0 Å². The van der Waals surface area contributed by atoms with Gasteiger partial charge in [-0.05, 0) is 50.2 Å². The molecule has 2 aromatic carbocycles. The summed E-state index contributed by atoms with van der Waals surface area (Å²) in [5.74, 6) is -0.586. The quantitative estimate of drug-likeness (QED) is 0.779. The summed E-state index contributed by atoms with van der Waals surface area (Å²) in [5.41, 5.74) is 1.29. The molecule has 0 saturated heterocycles. The van der Waals surface area contributed by atoms with Gasteiger partial charge in [-0.3, -0.25) is 29.0 Å². The molecule has 7 nitrogen and oxygen atoms in total. The third kappa shape index (κ3) is 2.43. The fourth-order valence-electron chi connectivity index (χ4n) is 3.38. The van der Waals surface area contributed by atoms with E-state index < -0.39 is 0 Å². The molecule has 4 rings (SSSR count). The van der Waals surface area contributed by atoms with Crippen LogP contribution in [0.3, 0.4) is 0 Å². The maximum absolute atomic E-state index is 12.3. The van der Waals surface area contributed by atoms with Gasteiger partial charge in [0, 0.05) is 13.1 Å². The van der Waals surface area contributed by atoms with Gasteiger partial charge in [0.1, 0.15) is 11.5 Å². The lowest BCUT2D eigenvalue weighted by atomic mass is 10.1. The Labute approximate surface area is 155 Å².